The van der Waals surface area contributed by atoms with E-state index in [-0.39, 0.29) is 0 Å². The molecule has 13 heavy (non-hydrogen) atoms. The maximum Gasteiger partial charge on any atom is 0.0408 e. The Morgan fingerprint density at radius 1 is 1.54 bits per heavy atom. The second kappa shape index (κ2) is 3.62. The summed E-state index contributed by atoms with van der Waals surface area (Å²) < 4.78 is 0. The van der Waals surface area contributed by atoms with Crippen molar-refractivity contribution in [3.8, 4) is 0 Å². The molecule has 70 valence electrons. The molecule has 0 nitrogen and oxygen atoms in total. The lowest BCUT2D eigenvalue weighted by atomic mass is 10.0. The monoisotopic (exact) mass is 258 g/mol. The van der Waals surface area contributed by atoms with Crippen LogP contribution in [0.15, 0.2) is 18.2 Å². The Kier molecular flexibility index (Phi) is 2.66. The molecule has 0 aromatic heterocycles. The predicted molar refractivity (Wildman–Crippen MR) is 60.8 cm³/mol. The van der Waals surface area contributed by atoms with Crippen LogP contribution in [-0.2, 0) is 0 Å². The highest BCUT2D eigenvalue weighted by atomic mass is 79.9. The zero-order valence-electron chi connectivity index (χ0n) is 7.56. The molecule has 1 aliphatic rings. The van der Waals surface area contributed by atoms with E-state index in [0.29, 0.717) is 0 Å². The quantitative estimate of drug-likeness (QED) is 0.700. The van der Waals surface area contributed by atoms with Gasteiger partial charge in [0.25, 0.3) is 0 Å². The van der Waals surface area contributed by atoms with Crippen molar-refractivity contribution < 1.29 is 0 Å². The van der Waals surface area contributed by atoms with E-state index < -0.39 is 0 Å². The molecular formula is C11H12BrCl. The molecule has 0 N–H and O–H groups in total. The number of halogens is 2. The molecule has 2 rings (SSSR count). The first-order chi connectivity index (χ1) is 6.22. The van der Waals surface area contributed by atoms with Gasteiger partial charge in [-0.15, -0.1) is 0 Å². The molecule has 1 aliphatic carbocycles. The zero-order valence-corrected chi connectivity index (χ0v) is 9.90. The van der Waals surface area contributed by atoms with E-state index in [4.69, 9.17) is 11.6 Å². The Morgan fingerprint density at radius 2 is 2.31 bits per heavy atom. The average molecular weight is 260 g/mol. The maximum absolute atomic E-state index is 5.90. The summed E-state index contributed by atoms with van der Waals surface area (Å²) in [4.78, 5) is 0. The van der Waals surface area contributed by atoms with Crippen molar-refractivity contribution in [1.29, 1.82) is 0 Å². The summed E-state index contributed by atoms with van der Waals surface area (Å²) >= 11 is 9.43. The van der Waals surface area contributed by atoms with Crippen molar-refractivity contribution in [2.75, 3.05) is 5.33 Å². The minimum Gasteiger partial charge on any atom is -0.0925 e. The van der Waals surface area contributed by atoms with Crippen molar-refractivity contribution in [2.24, 2.45) is 5.92 Å². The lowest BCUT2D eigenvalue weighted by Gasteiger charge is -2.04. The average Bonchev–Trinajstić information content (AvgIpc) is 2.83. The van der Waals surface area contributed by atoms with Gasteiger partial charge in [-0.05, 0) is 48.4 Å². The van der Waals surface area contributed by atoms with E-state index in [2.05, 4.69) is 35.0 Å². The Balaban J connectivity index is 2.22. The van der Waals surface area contributed by atoms with Crippen LogP contribution in [0.1, 0.15) is 23.5 Å². The van der Waals surface area contributed by atoms with Gasteiger partial charge in [0.05, 0.1) is 0 Å². The van der Waals surface area contributed by atoms with E-state index in [1.165, 1.54) is 17.5 Å². The van der Waals surface area contributed by atoms with Crippen molar-refractivity contribution in [3.05, 3.63) is 34.3 Å². The molecule has 0 spiro atoms. The highest BCUT2D eigenvalue weighted by Gasteiger charge is 2.37. The first-order valence-electron chi connectivity index (χ1n) is 4.54. The van der Waals surface area contributed by atoms with Crippen molar-refractivity contribution >= 4 is 27.5 Å². The van der Waals surface area contributed by atoms with Crippen LogP contribution in [0.25, 0.3) is 0 Å². The highest BCUT2D eigenvalue weighted by molar-refractivity contribution is 9.09. The second-order valence-electron chi connectivity index (χ2n) is 3.76. The first-order valence-corrected chi connectivity index (χ1v) is 6.04. The number of hydrogen-bond donors (Lipinski definition) is 0. The molecule has 0 saturated heterocycles. The predicted octanol–water partition coefficient (Wildman–Crippen LogP) is 4.15. The summed E-state index contributed by atoms with van der Waals surface area (Å²) in [5, 5.41) is 1.97. The number of benzene rings is 1. The Labute approximate surface area is 92.4 Å². The van der Waals surface area contributed by atoms with Crippen LogP contribution in [0.4, 0.5) is 0 Å². The van der Waals surface area contributed by atoms with Crippen LogP contribution in [0.5, 0.6) is 0 Å². The molecule has 0 bridgehead atoms. The third-order valence-electron chi connectivity index (χ3n) is 2.75. The van der Waals surface area contributed by atoms with E-state index in [0.717, 1.165) is 22.2 Å². The molecule has 2 unspecified atom stereocenters. The Hall–Kier alpha value is -0.0100. The van der Waals surface area contributed by atoms with Crippen LogP contribution in [0.3, 0.4) is 0 Å². The molecule has 1 aromatic rings. The van der Waals surface area contributed by atoms with Crippen molar-refractivity contribution in [2.45, 2.75) is 19.3 Å². The van der Waals surface area contributed by atoms with E-state index in [1.54, 1.807) is 0 Å². The van der Waals surface area contributed by atoms with Gasteiger partial charge in [-0.3, -0.25) is 0 Å². The largest absolute Gasteiger partial charge is 0.0925 e. The molecule has 0 heterocycles. The fourth-order valence-electron chi connectivity index (χ4n) is 1.85. The first kappa shape index (κ1) is 9.54. The summed E-state index contributed by atoms with van der Waals surface area (Å²) in [6.07, 6.45) is 1.33. The molecular weight excluding hydrogens is 247 g/mol. The van der Waals surface area contributed by atoms with Crippen LogP contribution in [0, 0.1) is 12.8 Å². The minimum atomic E-state index is 0.775. The van der Waals surface area contributed by atoms with Crippen LogP contribution >= 0.6 is 27.5 Å². The minimum absolute atomic E-state index is 0.775. The number of aryl methyl sites for hydroxylation is 1. The fraction of sp³-hybridized carbons (Fsp3) is 0.455. The van der Waals surface area contributed by atoms with Gasteiger partial charge in [0, 0.05) is 10.4 Å². The van der Waals surface area contributed by atoms with E-state index in [9.17, 15) is 0 Å². The van der Waals surface area contributed by atoms with Crippen molar-refractivity contribution in [3.63, 3.8) is 0 Å². The molecule has 1 saturated carbocycles. The second-order valence-corrected chi connectivity index (χ2v) is 4.84. The highest BCUT2D eigenvalue weighted by Crippen LogP contribution is 2.49. The van der Waals surface area contributed by atoms with Gasteiger partial charge in [0.15, 0.2) is 0 Å². The van der Waals surface area contributed by atoms with Gasteiger partial charge in [-0.1, -0.05) is 33.6 Å². The van der Waals surface area contributed by atoms with E-state index >= 15 is 0 Å². The maximum atomic E-state index is 5.90. The van der Waals surface area contributed by atoms with Gasteiger partial charge in [-0.25, -0.2) is 0 Å². The third kappa shape index (κ3) is 1.92. The molecule has 1 fully saturated rings. The van der Waals surface area contributed by atoms with Crippen LogP contribution in [-0.4, -0.2) is 5.33 Å². The summed E-state index contributed by atoms with van der Waals surface area (Å²) in [5.74, 6) is 1.62. The lowest BCUT2D eigenvalue weighted by Crippen LogP contribution is -1.88. The van der Waals surface area contributed by atoms with Crippen LogP contribution < -0.4 is 0 Å². The Bertz CT molecular complexity index is 322. The van der Waals surface area contributed by atoms with Gasteiger partial charge < -0.3 is 0 Å². The van der Waals surface area contributed by atoms with Gasteiger partial charge in [0.1, 0.15) is 0 Å². The third-order valence-corrected chi connectivity index (χ3v) is 3.82. The summed E-state index contributed by atoms with van der Waals surface area (Å²) in [7, 11) is 0. The number of hydrogen-bond acceptors (Lipinski definition) is 0. The molecule has 0 aliphatic heterocycles. The van der Waals surface area contributed by atoms with E-state index in [1.807, 2.05) is 6.07 Å². The summed E-state index contributed by atoms with van der Waals surface area (Å²) in [6.45, 7) is 2.14. The van der Waals surface area contributed by atoms with Gasteiger partial charge in [-0.2, -0.15) is 0 Å². The fourth-order valence-corrected chi connectivity index (χ4v) is 2.80. The standard InChI is InChI=1S/C11H12BrCl/c1-7-4-9(13)2-3-10(7)11-5-8(11)6-12/h2-4,8,11H,5-6H2,1H3. The number of alkyl halides is 1. The Morgan fingerprint density at radius 3 is 2.85 bits per heavy atom. The summed E-state index contributed by atoms with van der Waals surface area (Å²) in [6, 6.07) is 6.22. The molecule has 0 amide bonds. The van der Waals surface area contributed by atoms with Gasteiger partial charge >= 0.3 is 0 Å². The molecule has 0 radical (unpaired) electrons. The SMILES string of the molecule is Cc1cc(Cl)ccc1C1CC1CBr. The summed E-state index contributed by atoms with van der Waals surface area (Å²) in [5.41, 5.74) is 2.81. The topological polar surface area (TPSA) is 0 Å². The molecule has 2 atom stereocenters. The molecule has 1 aromatic carbocycles. The normalized spacial score (nSPS) is 26.1. The van der Waals surface area contributed by atoms with Crippen LogP contribution in [0.2, 0.25) is 5.02 Å². The smallest absolute Gasteiger partial charge is 0.0408 e. The number of rotatable bonds is 2. The van der Waals surface area contributed by atoms with Crippen molar-refractivity contribution in [1.82, 2.24) is 0 Å². The van der Waals surface area contributed by atoms with Gasteiger partial charge in [0.2, 0.25) is 0 Å². The lowest BCUT2D eigenvalue weighted by molar-refractivity contribution is 0.929. The molecule has 2 heteroatoms. The zero-order chi connectivity index (χ0) is 9.42.